The number of carbonyl (C=O) groups is 3. The summed E-state index contributed by atoms with van der Waals surface area (Å²) in [5, 5.41) is 0. The maximum absolute atomic E-state index is 13.2. The summed E-state index contributed by atoms with van der Waals surface area (Å²) in [7, 11) is 0. The van der Waals surface area contributed by atoms with E-state index in [-0.39, 0.29) is 40.3 Å². The number of amides is 4. The Bertz CT molecular complexity index is 1120. The van der Waals surface area contributed by atoms with Gasteiger partial charge in [-0.2, -0.15) is 0 Å². The van der Waals surface area contributed by atoms with Gasteiger partial charge >= 0.3 is 6.03 Å². The number of hydrogen-bond acceptors (Lipinski definition) is 3. The van der Waals surface area contributed by atoms with Crippen LogP contribution in [0.2, 0.25) is 0 Å². The number of nitrogens with zero attached hydrogens (tertiary/aromatic N) is 4. The van der Waals surface area contributed by atoms with Crippen molar-refractivity contribution in [2.24, 2.45) is 10.8 Å². The third-order valence-corrected chi connectivity index (χ3v) is 9.05. The van der Waals surface area contributed by atoms with Crippen LogP contribution in [0.3, 0.4) is 0 Å². The van der Waals surface area contributed by atoms with Crippen molar-refractivity contribution in [3.05, 3.63) is 71.3 Å². The minimum absolute atomic E-state index is 0.0663. The summed E-state index contributed by atoms with van der Waals surface area (Å²) in [6.45, 7) is 5.52. The molecule has 0 N–H and O–H groups in total. The van der Waals surface area contributed by atoms with Crippen LogP contribution in [-0.2, 0) is 0 Å². The highest BCUT2D eigenvalue weighted by Gasteiger charge is 2.52. The number of likely N-dealkylation sites (tertiary alicyclic amines) is 4. The van der Waals surface area contributed by atoms with Crippen LogP contribution in [0.4, 0.5) is 13.6 Å². The number of hydrogen-bond donors (Lipinski definition) is 0. The number of halogens is 2. The van der Waals surface area contributed by atoms with Crippen molar-refractivity contribution in [3.63, 3.8) is 0 Å². The first-order valence-electron chi connectivity index (χ1n) is 13.4. The van der Waals surface area contributed by atoms with E-state index < -0.39 is 0 Å². The second-order valence-electron chi connectivity index (χ2n) is 11.6. The molecule has 0 saturated carbocycles. The summed E-state index contributed by atoms with van der Waals surface area (Å²) in [5.74, 6) is -0.838. The predicted octanol–water partition coefficient (Wildman–Crippen LogP) is 3.86. The van der Waals surface area contributed by atoms with Gasteiger partial charge in [-0.3, -0.25) is 9.59 Å². The molecule has 4 aliphatic heterocycles. The molecule has 2 aromatic carbocycles. The smallest absolute Gasteiger partial charge is 0.320 e. The van der Waals surface area contributed by atoms with Gasteiger partial charge in [0.15, 0.2) is 0 Å². The molecule has 4 fully saturated rings. The fourth-order valence-corrected chi connectivity index (χ4v) is 6.55. The van der Waals surface area contributed by atoms with Crippen molar-refractivity contribution in [1.82, 2.24) is 19.6 Å². The Kier molecular flexibility index (Phi) is 6.12. The third-order valence-electron chi connectivity index (χ3n) is 9.05. The first-order chi connectivity index (χ1) is 18.2. The van der Waals surface area contributed by atoms with Crippen molar-refractivity contribution in [3.8, 4) is 0 Å². The number of carbonyl (C=O) groups excluding carboxylic acids is 3. The zero-order chi connectivity index (χ0) is 26.5. The minimum Gasteiger partial charge on any atom is -0.339 e. The lowest BCUT2D eigenvalue weighted by Gasteiger charge is -2.59. The predicted molar refractivity (Wildman–Crippen MR) is 136 cm³/mol. The summed E-state index contributed by atoms with van der Waals surface area (Å²) in [6.07, 6.45) is 3.47. The van der Waals surface area contributed by atoms with Gasteiger partial charge in [-0.1, -0.05) is 0 Å². The SMILES string of the molecule is O=C(c1ccc(F)cc1)N1CCC2(CC1)CN(C(=O)N1CC3(CCN(C(=O)c4ccc(F)cc4)CC3)C1)C2. The molecule has 6 rings (SSSR count). The van der Waals surface area contributed by atoms with Crippen LogP contribution in [0.25, 0.3) is 0 Å². The Morgan fingerprint density at radius 3 is 1.16 bits per heavy atom. The Balaban J connectivity index is 0.941. The minimum atomic E-state index is -0.353. The summed E-state index contributed by atoms with van der Waals surface area (Å²) >= 11 is 0. The van der Waals surface area contributed by atoms with Gasteiger partial charge < -0.3 is 19.6 Å². The molecular weight excluding hydrogens is 490 g/mol. The van der Waals surface area contributed by atoms with Crippen LogP contribution in [0.1, 0.15) is 46.4 Å². The molecule has 9 heteroatoms. The molecule has 4 amide bonds. The third kappa shape index (κ3) is 4.52. The van der Waals surface area contributed by atoms with E-state index in [9.17, 15) is 23.2 Å². The number of rotatable bonds is 2. The maximum atomic E-state index is 13.2. The van der Waals surface area contributed by atoms with Crippen LogP contribution in [0.5, 0.6) is 0 Å². The van der Waals surface area contributed by atoms with Crippen LogP contribution in [-0.4, -0.2) is 89.8 Å². The van der Waals surface area contributed by atoms with Gasteiger partial charge in [-0.05, 0) is 74.2 Å². The molecule has 0 bridgehead atoms. The first-order valence-corrected chi connectivity index (χ1v) is 13.4. The van der Waals surface area contributed by atoms with Gasteiger partial charge in [0.2, 0.25) is 0 Å². The van der Waals surface area contributed by atoms with Gasteiger partial charge in [-0.25, -0.2) is 13.6 Å². The molecule has 4 aliphatic rings. The van der Waals surface area contributed by atoms with E-state index in [1.807, 2.05) is 19.6 Å². The normalized spacial score (nSPS) is 21.7. The van der Waals surface area contributed by atoms with Gasteiger partial charge in [0.05, 0.1) is 0 Å². The van der Waals surface area contributed by atoms with Gasteiger partial charge in [-0.15, -0.1) is 0 Å². The zero-order valence-corrected chi connectivity index (χ0v) is 21.4. The molecule has 38 heavy (non-hydrogen) atoms. The number of benzene rings is 2. The molecule has 4 saturated heterocycles. The lowest BCUT2D eigenvalue weighted by molar-refractivity contribution is -0.0598. The van der Waals surface area contributed by atoms with Crippen LogP contribution >= 0.6 is 0 Å². The van der Waals surface area contributed by atoms with Crippen molar-refractivity contribution >= 4 is 17.8 Å². The summed E-state index contributed by atoms with van der Waals surface area (Å²) in [5.41, 5.74) is 1.18. The van der Waals surface area contributed by atoms with E-state index in [0.29, 0.717) is 37.3 Å². The average Bonchev–Trinajstić information content (AvgIpc) is 2.90. The molecule has 0 radical (unpaired) electrons. The Morgan fingerprint density at radius 2 is 0.842 bits per heavy atom. The van der Waals surface area contributed by atoms with E-state index in [2.05, 4.69) is 0 Å². The zero-order valence-electron chi connectivity index (χ0n) is 21.4. The molecule has 7 nitrogen and oxygen atoms in total. The largest absolute Gasteiger partial charge is 0.339 e. The molecule has 2 spiro atoms. The van der Waals surface area contributed by atoms with E-state index >= 15 is 0 Å². The molecule has 0 atom stereocenters. The highest BCUT2D eigenvalue weighted by atomic mass is 19.1. The number of urea groups is 1. The Hall–Kier alpha value is -3.49. The monoisotopic (exact) mass is 522 g/mol. The van der Waals surface area contributed by atoms with E-state index in [0.717, 1.165) is 51.9 Å². The Labute approximate surface area is 221 Å². The first kappa shape index (κ1) is 24.8. The second kappa shape index (κ2) is 9.36. The lowest BCUT2D eigenvalue weighted by atomic mass is 9.70. The maximum Gasteiger partial charge on any atom is 0.320 e. The van der Waals surface area contributed by atoms with E-state index in [4.69, 9.17) is 0 Å². The van der Waals surface area contributed by atoms with Crippen LogP contribution < -0.4 is 0 Å². The standard InChI is InChI=1S/C29H32F2N4O3/c30-23-5-1-21(2-6-23)25(36)32-13-9-28(10-14-32)17-34(18-28)27(38)35-19-29(20-35)11-15-33(16-12-29)26(37)22-3-7-24(31)8-4-22/h1-8H,9-20H2. The van der Waals surface area contributed by atoms with Gasteiger partial charge in [0, 0.05) is 74.3 Å². The molecule has 0 aromatic heterocycles. The Morgan fingerprint density at radius 1 is 0.526 bits per heavy atom. The molecule has 4 heterocycles. The number of piperidine rings is 2. The molecular formula is C29H32F2N4O3. The summed E-state index contributed by atoms with van der Waals surface area (Å²) < 4.78 is 26.3. The highest BCUT2D eigenvalue weighted by molar-refractivity contribution is 5.94. The summed E-state index contributed by atoms with van der Waals surface area (Å²) in [6, 6.07) is 11.4. The van der Waals surface area contributed by atoms with Crippen LogP contribution in [0.15, 0.2) is 48.5 Å². The fraction of sp³-hybridized carbons (Fsp3) is 0.483. The molecule has 2 aromatic rings. The fourth-order valence-electron chi connectivity index (χ4n) is 6.55. The summed E-state index contributed by atoms with van der Waals surface area (Å²) in [4.78, 5) is 46.1. The van der Waals surface area contributed by atoms with Crippen molar-refractivity contribution in [2.75, 3.05) is 52.4 Å². The second-order valence-corrected chi connectivity index (χ2v) is 11.6. The van der Waals surface area contributed by atoms with Gasteiger partial charge in [0.25, 0.3) is 11.8 Å². The quantitative estimate of drug-likeness (QED) is 0.602. The average molecular weight is 523 g/mol. The van der Waals surface area contributed by atoms with E-state index in [1.54, 1.807) is 0 Å². The van der Waals surface area contributed by atoms with Crippen molar-refractivity contribution in [2.45, 2.75) is 25.7 Å². The molecule has 0 aliphatic carbocycles. The van der Waals surface area contributed by atoms with Crippen LogP contribution in [0, 0.1) is 22.5 Å². The van der Waals surface area contributed by atoms with Crippen molar-refractivity contribution in [1.29, 1.82) is 0 Å². The highest BCUT2D eigenvalue weighted by Crippen LogP contribution is 2.45. The van der Waals surface area contributed by atoms with Crippen molar-refractivity contribution < 1.29 is 23.2 Å². The van der Waals surface area contributed by atoms with Gasteiger partial charge in [0.1, 0.15) is 11.6 Å². The molecule has 0 unspecified atom stereocenters. The lowest BCUT2D eigenvalue weighted by Crippen LogP contribution is -2.69. The van der Waals surface area contributed by atoms with E-state index in [1.165, 1.54) is 48.5 Å². The molecule has 200 valence electrons. The topological polar surface area (TPSA) is 64.2 Å².